The van der Waals surface area contributed by atoms with Crippen LogP contribution in [0.15, 0.2) is 46.3 Å². The molecule has 1 aromatic carbocycles. The molecule has 0 fully saturated rings. The maximum absolute atomic E-state index is 12.9. The van der Waals surface area contributed by atoms with E-state index >= 15 is 0 Å². The summed E-state index contributed by atoms with van der Waals surface area (Å²) in [4.78, 5) is 17.9. The molecule has 5 heteroatoms. The lowest BCUT2D eigenvalue weighted by molar-refractivity contribution is 0.277. The summed E-state index contributed by atoms with van der Waals surface area (Å²) in [5.74, 6) is 0.806. The Morgan fingerprint density at radius 3 is 2.50 bits per heavy atom. The van der Waals surface area contributed by atoms with Crippen molar-refractivity contribution < 1.29 is 9.47 Å². The monoisotopic (exact) mass is 440 g/mol. The number of nitrogens with zero attached hydrogens (tertiary/aromatic N) is 1. The standard InChI is InChI=1S/C27H40N2O3/c1-7-8-9-10-17-31-25-23-15-14-22(29(5)6)19-24(23)28-27(30)26(25)32-18-16-21(4)13-11-12-20(2)3/h12,14-16,19H,7-11,13,17-18H2,1-6H3,(H,28,30)/b21-16+. The maximum atomic E-state index is 12.9. The first-order valence-electron chi connectivity index (χ1n) is 11.8. The first-order valence-corrected chi connectivity index (χ1v) is 11.8. The van der Waals surface area contributed by atoms with Gasteiger partial charge >= 0.3 is 0 Å². The molecular weight excluding hydrogens is 400 g/mol. The number of anilines is 1. The maximum Gasteiger partial charge on any atom is 0.294 e. The Balaban J connectivity index is 2.26. The Hall–Kier alpha value is -2.69. The normalized spacial score (nSPS) is 11.5. The average molecular weight is 441 g/mol. The lowest BCUT2D eigenvalue weighted by Crippen LogP contribution is -2.15. The van der Waals surface area contributed by atoms with E-state index in [1.165, 1.54) is 24.0 Å². The first-order chi connectivity index (χ1) is 15.3. The molecule has 0 aliphatic rings. The number of nitrogens with one attached hydrogen (secondary N) is 1. The number of hydrogen-bond donors (Lipinski definition) is 1. The molecule has 2 rings (SSSR count). The van der Waals surface area contributed by atoms with Crippen LogP contribution in [-0.2, 0) is 0 Å². The highest BCUT2D eigenvalue weighted by atomic mass is 16.5. The zero-order valence-electron chi connectivity index (χ0n) is 20.7. The number of fused-ring (bicyclic) bond motifs is 1. The van der Waals surface area contributed by atoms with E-state index in [4.69, 9.17) is 9.47 Å². The van der Waals surface area contributed by atoms with Crippen molar-refractivity contribution in [2.24, 2.45) is 0 Å². The lowest BCUT2D eigenvalue weighted by Gasteiger charge is -2.17. The van der Waals surface area contributed by atoms with Gasteiger partial charge in [0.1, 0.15) is 6.61 Å². The first kappa shape index (κ1) is 25.6. The van der Waals surface area contributed by atoms with E-state index in [9.17, 15) is 4.79 Å². The van der Waals surface area contributed by atoms with Gasteiger partial charge < -0.3 is 19.4 Å². The Labute approximate surface area is 193 Å². The van der Waals surface area contributed by atoms with Gasteiger partial charge in [-0.05, 0) is 64.3 Å². The molecule has 1 aromatic heterocycles. The molecule has 0 aliphatic heterocycles. The second-order valence-corrected chi connectivity index (χ2v) is 8.83. The molecule has 0 radical (unpaired) electrons. The summed E-state index contributed by atoms with van der Waals surface area (Å²) in [6, 6.07) is 5.99. The van der Waals surface area contributed by atoms with E-state index in [1.807, 2.05) is 43.3 Å². The minimum Gasteiger partial charge on any atom is -0.489 e. The summed E-state index contributed by atoms with van der Waals surface area (Å²) in [5, 5.41) is 0.866. The minimum absolute atomic E-state index is 0.257. The molecule has 0 atom stereocenters. The smallest absolute Gasteiger partial charge is 0.294 e. The molecule has 176 valence electrons. The number of pyridine rings is 1. The van der Waals surface area contributed by atoms with Gasteiger partial charge in [0, 0.05) is 25.2 Å². The fourth-order valence-electron chi connectivity index (χ4n) is 3.45. The van der Waals surface area contributed by atoms with Gasteiger partial charge in [-0.3, -0.25) is 4.79 Å². The van der Waals surface area contributed by atoms with Crippen molar-refractivity contribution in [1.29, 1.82) is 0 Å². The van der Waals surface area contributed by atoms with Crippen LogP contribution < -0.4 is 19.9 Å². The van der Waals surface area contributed by atoms with Gasteiger partial charge in [-0.1, -0.05) is 43.4 Å². The van der Waals surface area contributed by atoms with Gasteiger partial charge in [-0.25, -0.2) is 0 Å². The van der Waals surface area contributed by atoms with Crippen molar-refractivity contribution in [2.45, 2.75) is 66.2 Å². The third-order valence-corrected chi connectivity index (χ3v) is 5.42. The van der Waals surface area contributed by atoms with Crippen molar-refractivity contribution in [3.63, 3.8) is 0 Å². The predicted octanol–water partition coefficient (Wildman–Crippen LogP) is 6.62. The Bertz CT molecular complexity index is 982. The van der Waals surface area contributed by atoms with Gasteiger partial charge in [0.25, 0.3) is 5.56 Å². The van der Waals surface area contributed by atoms with Crippen LogP contribution in [0.25, 0.3) is 10.9 Å². The van der Waals surface area contributed by atoms with Gasteiger partial charge in [0.05, 0.1) is 12.1 Å². The fraction of sp³-hybridized carbons (Fsp3) is 0.519. The van der Waals surface area contributed by atoms with Crippen LogP contribution in [0.1, 0.15) is 66.2 Å². The highest BCUT2D eigenvalue weighted by Gasteiger charge is 2.16. The Kier molecular flexibility index (Phi) is 10.4. The van der Waals surface area contributed by atoms with Crippen LogP contribution in [0.5, 0.6) is 11.5 Å². The van der Waals surface area contributed by atoms with Gasteiger partial charge in [-0.2, -0.15) is 0 Å². The Morgan fingerprint density at radius 1 is 1.03 bits per heavy atom. The van der Waals surface area contributed by atoms with Crippen LogP contribution in [0.2, 0.25) is 0 Å². The molecule has 0 amide bonds. The third kappa shape index (κ3) is 7.77. The van der Waals surface area contributed by atoms with Crippen LogP contribution >= 0.6 is 0 Å². The molecule has 2 aromatic rings. The van der Waals surface area contributed by atoms with Crippen molar-refractivity contribution in [3.8, 4) is 11.5 Å². The predicted molar refractivity (Wildman–Crippen MR) is 136 cm³/mol. The summed E-state index contributed by atoms with van der Waals surface area (Å²) in [6.45, 7) is 9.42. The van der Waals surface area contributed by atoms with Gasteiger partial charge in [0.2, 0.25) is 5.75 Å². The molecule has 0 bridgehead atoms. The highest BCUT2D eigenvalue weighted by Crippen LogP contribution is 2.33. The Morgan fingerprint density at radius 2 is 1.81 bits per heavy atom. The van der Waals surface area contributed by atoms with E-state index in [0.717, 1.165) is 42.3 Å². The number of hydrogen-bond acceptors (Lipinski definition) is 4. The number of aromatic nitrogens is 1. The molecule has 5 nitrogen and oxygen atoms in total. The molecule has 1 N–H and O–H groups in total. The molecule has 0 saturated heterocycles. The summed E-state index contributed by atoms with van der Waals surface area (Å²) in [7, 11) is 3.96. The molecular formula is C27H40N2O3. The molecule has 1 heterocycles. The molecule has 32 heavy (non-hydrogen) atoms. The lowest BCUT2D eigenvalue weighted by atomic mass is 10.1. The number of benzene rings is 1. The van der Waals surface area contributed by atoms with Gasteiger partial charge in [0.15, 0.2) is 5.75 Å². The van der Waals surface area contributed by atoms with E-state index < -0.39 is 0 Å². The average Bonchev–Trinajstić information content (AvgIpc) is 2.74. The van der Waals surface area contributed by atoms with Crippen molar-refractivity contribution >= 4 is 16.6 Å². The second kappa shape index (κ2) is 13.0. The fourth-order valence-corrected chi connectivity index (χ4v) is 3.45. The van der Waals surface area contributed by atoms with E-state index in [1.54, 1.807) is 0 Å². The largest absolute Gasteiger partial charge is 0.489 e. The third-order valence-electron chi connectivity index (χ3n) is 5.42. The van der Waals surface area contributed by atoms with Crippen LogP contribution in [0.4, 0.5) is 5.69 Å². The summed E-state index contributed by atoms with van der Waals surface area (Å²) >= 11 is 0. The zero-order chi connectivity index (χ0) is 23.5. The minimum atomic E-state index is -0.257. The molecule has 0 unspecified atom stereocenters. The molecule has 0 saturated carbocycles. The zero-order valence-corrected chi connectivity index (χ0v) is 20.7. The van der Waals surface area contributed by atoms with Crippen LogP contribution in [-0.4, -0.2) is 32.3 Å². The van der Waals surface area contributed by atoms with Crippen molar-refractivity contribution in [3.05, 3.63) is 51.9 Å². The summed E-state index contributed by atoms with van der Waals surface area (Å²) in [6.07, 6.45) is 10.7. The van der Waals surface area contributed by atoms with E-state index in [-0.39, 0.29) is 11.3 Å². The number of unbranched alkanes of at least 4 members (excludes halogenated alkanes) is 3. The van der Waals surface area contributed by atoms with E-state index in [2.05, 4.69) is 38.8 Å². The van der Waals surface area contributed by atoms with Crippen molar-refractivity contribution in [1.82, 2.24) is 4.98 Å². The second-order valence-electron chi connectivity index (χ2n) is 8.83. The molecule has 0 aliphatic carbocycles. The number of ether oxygens (including phenoxy) is 2. The van der Waals surface area contributed by atoms with E-state index in [0.29, 0.717) is 19.0 Å². The quantitative estimate of drug-likeness (QED) is 0.281. The summed E-state index contributed by atoms with van der Waals surface area (Å²) < 4.78 is 12.1. The number of allylic oxidation sites excluding steroid dienone is 3. The number of H-pyrrole nitrogens is 1. The van der Waals surface area contributed by atoms with Gasteiger partial charge in [-0.15, -0.1) is 0 Å². The van der Waals surface area contributed by atoms with Crippen LogP contribution in [0.3, 0.4) is 0 Å². The van der Waals surface area contributed by atoms with Crippen molar-refractivity contribution in [2.75, 3.05) is 32.2 Å². The highest BCUT2D eigenvalue weighted by molar-refractivity contribution is 5.89. The number of rotatable bonds is 13. The topological polar surface area (TPSA) is 54.6 Å². The molecule has 0 spiro atoms. The summed E-state index contributed by atoms with van der Waals surface area (Å²) in [5.41, 5.74) is 4.09. The SMILES string of the molecule is CCCCCCOc1c(OC/C=C(\C)CCC=C(C)C)c(=O)[nH]c2cc(N(C)C)ccc12. The van der Waals surface area contributed by atoms with Crippen LogP contribution in [0, 0.1) is 0 Å². The number of aromatic amines is 1.